The minimum atomic E-state index is -0.188. The highest BCUT2D eigenvalue weighted by Gasteiger charge is 2.44. The van der Waals surface area contributed by atoms with E-state index in [1.54, 1.807) is 12.1 Å². The van der Waals surface area contributed by atoms with Gasteiger partial charge < -0.3 is 15.5 Å². The van der Waals surface area contributed by atoms with E-state index in [4.69, 9.17) is 4.99 Å². The first kappa shape index (κ1) is 22.8. The van der Waals surface area contributed by atoms with Crippen LogP contribution < -0.4 is 10.6 Å². The van der Waals surface area contributed by atoms with Crippen molar-refractivity contribution in [3.63, 3.8) is 0 Å². The van der Waals surface area contributed by atoms with E-state index in [9.17, 15) is 9.18 Å². The van der Waals surface area contributed by atoms with E-state index < -0.39 is 0 Å². The maximum Gasteiger partial charge on any atom is 0.253 e. The standard InChI is InChI=1S/C25H33FN4O/c1-4-27-24(29-18-25(14-15-25)21-8-7-9-22(26)16-21)28-17-19-10-12-20(13-11-19)23(31)30(5-2)6-3/h7-13,16H,4-6,14-15,17-18H2,1-3H3,(H2,27,28,29). The zero-order chi connectivity index (χ0) is 22.3. The van der Waals surface area contributed by atoms with Crippen LogP contribution in [0.4, 0.5) is 4.39 Å². The van der Waals surface area contributed by atoms with Crippen molar-refractivity contribution in [1.29, 1.82) is 0 Å². The molecule has 0 heterocycles. The first-order valence-electron chi connectivity index (χ1n) is 11.2. The number of carbonyl (C=O) groups excluding carboxylic acids is 1. The summed E-state index contributed by atoms with van der Waals surface area (Å²) in [5, 5.41) is 6.71. The van der Waals surface area contributed by atoms with Crippen LogP contribution in [0.1, 0.15) is 55.1 Å². The Morgan fingerprint density at radius 1 is 1.06 bits per heavy atom. The molecule has 0 spiro atoms. The summed E-state index contributed by atoms with van der Waals surface area (Å²) in [6.45, 7) is 9.41. The molecule has 2 aromatic rings. The molecule has 5 nitrogen and oxygen atoms in total. The van der Waals surface area contributed by atoms with Crippen LogP contribution in [0.5, 0.6) is 0 Å². The van der Waals surface area contributed by atoms with Crippen molar-refractivity contribution >= 4 is 11.9 Å². The van der Waals surface area contributed by atoms with Gasteiger partial charge in [0.1, 0.15) is 5.82 Å². The van der Waals surface area contributed by atoms with E-state index in [0.29, 0.717) is 25.2 Å². The Kier molecular flexibility index (Phi) is 7.66. The number of guanidine groups is 1. The Hall–Kier alpha value is -2.89. The Balaban J connectivity index is 1.61. The molecular weight excluding hydrogens is 391 g/mol. The van der Waals surface area contributed by atoms with E-state index >= 15 is 0 Å². The number of aliphatic imine (C=N–C) groups is 1. The van der Waals surface area contributed by atoms with Crippen molar-refractivity contribution in [2.75, 3.05) is 26.2 Å². The van der Waals surface area contributed by atoms with Crippen molar-refractivity contribution in [2.24, 2.45) is 4.99 Å². The highest BCUT2D eigenvalue weighted by atomic mass is 19.1. The lowest BCUT2D eigenvalue weighted by molar-refractivity contribution is 0.0773. The number of nitrogens with zero attached hydrogens (tertiary/aromatic N) is 2. The van der Waals surface area contributed by atoms with Crippen molar-refractivity contribution in [3.8, 4) is 0 Å². The third kappa shape index (κ3) is 5.84. The van der Waals surface area contributed by atoms with Crippen LogP contribution in [0.25, 0.3) is 0 Å². The minimum Gasteiger partial charge on any atom is -0.357 e. The van der Waals surface area contributed by atoms with E-state index in [1.807, 2.05) is 56.0 Å². The molecule has 6 heteroatoms. The van der Waals surface area contributed by atoms with Gasteiger partial charge in [-0.15, -0.1) is 0 Å². The lowest BCUT2D eigenvalue weighted by Crippen LogP contribution is -2.41. The minimum absolute atomic E-state index is 0.00920. The smallest absolute Gasteiger partial charge is 0.253 e. The number of carbonyl (C=O) groups is 1. The van der Waals surface area contributed by atoms with Gasteiger partial charge in [0.05, 0.1) is 6.54 Å². The lowest BCUT2D eigenvalue weighted by Gasteiger charge is -2.19. The Labute approximate surface area is 184 Å². The molecular formula is C25H33FN4O. The Bertz CT molecular complexity index is 902. The fourth-order valence-corrected chi connectivity index (χ4v) is 3.75. The second kappa shape index (κ2) is 10.4. The molecule has 0 atom stereocenters. The number of hydrogen-bond acceptors (Lipinski definition) is 2. The molecule has 1 aliphatic carbocycles. The summed E-state index contributed by atoms with van der Waals surface area (Å²) < 4.78 is 13.6. The number of nitrogens with one attached hydrogen (secondary N) is 2. The predicted octanol–water partition coefficient (Wildman–Crippen LogP) is 4.09. The molecule has 0 radical (unpaired) electrons. The monoisotopic (exact) mass is 424 g/mol. The molecule has 0 unspecified atom stereocenters. The summed E-state index contributed by atoms with van der Waals surface area (Å²) in [7, 11) is 0. The van der Waals surface area contributed by atoms with Gasteiger partial charge in [0.2, 0.25) is 0 Å². The van der Waals surface area contributed by atoms with E-state index in [0.717, 1.165) is 43.0 Å². The zero-order valence-electron chi connectivity index (χ0n) is 18.7. The average molecular weight is 425 g/mol. The van der Waals surface area contributed by atoms with Crippen molar-refractivity contribution < 1.29 is 9.18 Å². The van der Waals surface area contributed by atoms with Crippen molar-refractivity contribution in [1.82, 2.24) is 15.5 Å². The summed E-state index contributed by atoms with van der Waals surface area (Å²) in [6, 6.07) is 14.6. The molecule has 2 aromatic carbocycles. The van der Waals surface area contributed by atoms with Crippen LogP contribution in [0.2, 0.25) is 0 Å². The van der Waals surface area contributed by atoms with Crippen LogP contribution in [0.15, 0.2) is 53.5 Å². The van der Waals surface area contributed by atoms with Crippen LogP contribution >= 0.6 is 0 Å². The SMILES string of the molecule is CCNC(=NCc1ccc(C(=O)N(CC)CC)cc1)NCC1(c2cccc(F)c2)CC1. The zero-order valence-corrected chi connectivity index (χ0v) is 18.7. The Morgan fingerprint density at radius 3 is 2.35 bits per heavy atom. The van der Waals surface area contributed by atoms with Gasteiger partial charge in [0.15, 0.2) is 5.96 Å². The highest BCUT2D eigenvalue weighted by Crippen LogP contribution is 2.47. The van der Waals surface area contributed by atoms with Gasteiger partial charge in [0.25, 0.3) is 5.91 Å². The second-order valence-electron chi connectivity index (χ2n) is 8.01. The number of rotatable bonds is 9. The summed E-state index contributed by atoms with van der Waals surface area (Å²) >= 11 is 0. The molecule has 31 heavy (non-hydrogen) atoms. The molecule has 0 aromatic heterocycles. The predicted molar refractivity (Wildman–Crippen MR) is 124 cm³/mol. The fraction of sp³-hybridized carbons (Fsp3) is 0.440. The molecule has 0 saturated heterocycles. The maximum atomic E-state index is 13.6. The molecule has 2 N–H and O–H groups in total. The quantitative estimate of drug-likeness (QED) is 0.471. The molecule has 0 bridgehead atoms. The number of benzene rings is 2. The molecule has 0 aliphatic heterocycles. The topological polar surface area (TPSA) is 56.7 Å². The van der Waals surface area contributed by atoms with Gasteiger partial charge in [-0.05, 0) is 69.0 Å². The molecule has 1 saturated carbocycles. The van der Waals surface area contributed by atoms with Gasteiger partial charge in [-0.1, -0.05) is 24.3 Å². The van der Waals surface area contributed by atoms with Crippen LogP contribution in [-0.2, 0) is 12.0 Å². The lowest BCUT2D eigenvalue weighted by atomic mass is 9.96. The van der Waals surface area contributed by atoms with Gasteiger partial charge >= 0.3 is 0 Å². The van der Waals surface area contributed by atoms with Crippen LogP contribution in [0, 0.1) is 5.82 Å². The van der Waals surface area contributed by atoms with Gasteiger partial charge in [-0.2, -0.15) is 0 Å². The van der Waals surface area contributed by atoms with Gasteiger partial charge in [0, 0.05) is 37.2 Å². The molecule has 166 valence electrons. The van der Waals surface area contributed by atoms with Crippen molar-refractivity contribution in [3.05, 3.63) is 71.0 Å². The molecule has 1 amide bonds. The molecule has 1 aliphatic rings. The van der Waals surface area contributed by atoms with E-state index in [-0.39, 0.29) is 17.1 Å². The molecule has 1 fully saturated rings. The first-order valence-corrected chi connectivity index (χ1v) is 11.2. The highest BCUT2D eigenvalue weighted by molar-refractivity contribution is 5.94. The third-order valence-electron chi connectivity index (χ3n) is 5.90. The van der Waals surface area contributed by atoms with Crippen molar-refractivity contribution in [2.45, 2.75) is 45.6 Å². The van der Waals surface area contributed by atoms with Crippen LogP contribution in [-0.4, -0.2) is 42.9 Å². The number of hydrogen-bond donors (Lipinski definition) is 2. The summed E-state index contributed by atoms with van der Waals surface area (Å²) in [6.07, 6.45) is 2.09. The first-order chi connectivity index (χ1) is 15.0. The number of halogens is 1. The number of amides is 1. The average Bonchev–Trinajstić information content (AvgIpc) is 3.58. The van der Waals surface area contributed by atoms with E-state index in [2.05, 4.69) is 10.6 Å². The third-order valence-corrected chi connectivity index (χ3v) is 5.90. The second-order valence-corrected chi connectivity index (χ2v) is 8.01. The Morgan fingerprint density at radius 2 is 1.77 bits per heavy atom. The van der Waals surface area contributed by atoms with E-state index in [1.165, 1.54) is 6.07 Å². The maximum absolute atomic E-state index is 13.6. The molecule has 3 rings (SSSR count). The summed E-state index contributed by atoms with van der Waals surface area (Å²) in [5.41, 5.74) is 2.78. The summed E-state index contributed by atoms with van der Waals surface area (Å²) in [5.74, 6) is 0.614. The van der Waals surface area contributed by atoms with Crippen LogP contribution in [0.3, 0.4) is 0 Å². The normalized spacial score (nSPS) is 14.8. The van der Waals surface area contributed by atoms with Gasteiger partial charge in [-0.25, -0.2) is 9.38 Å². The summed E-state index contributed by atoms with van der Waals surface area (Å²) in [4.78, 5) is 19.0. The fourth-order valence-electron chi connectivity index (χ4n) is 3.75. The largest absolute Gasteiger partial charge is 0.357 e. The van der Waals surface area contributed by atoms with Gasteiger partial charge in [-0.3, -0.25) is 4.79 Å².